The van der Waals surface area contributed by atoms with Gasteiger partial charge in [-0.2, -0.15) is 0 Å². The van der Waals surface area contributed by atoms with Gasteiger partial charge in [0.1, 0.15) is 0 Å². The Bertz CT molecular complexity index is 295. The first-order valence-corrected chi connectivity index (χ1v) is 6.39. The highest BCUT2D eigenvalue weighted by molar-refractivity contribution is 7.70. The first-order valence-electron chi connectivity index (χ1n) is 4.55. The fourth-order valence-corrected chi connectivity index (χ4v) is 3.01. The normalized spacial score (nSPS) is 11.1. The van der Waals surface area contributed by atoms with Crippen LogP contribution in [0.15, 0.2) is 0 Å². The minimum Gasteiger partial charge on any atom is -0.459 e. The minimum atomic E-state index is -2.59. The summed E-state index contributed by atoms with van der Waals surface area (Å²) < 4.78 is 16.6. The van der Waals surface area contributed by atoms with E-state index in [9.17, 15) is 9.36 Å². The lowest BCUT2D eigenvalue weighted by molar-refractivity contribution is -0.133. The van der Waals surface area contributed by atoms with Gasteiger partial charge in [0.25, 0.3) is 0 Å². The van der Waals surface area contributed by atoms with Crippen LogP contribution in [0.25, 0.3) is 0 Å². The van der Waals surface area contributed by atoms with Gasteiger partial charge < -0.3 is 9.30 Å². The molecule has 0 heterocycles. The van der Waals surface area contributed by atoms with Crippen molar-refractivity contribution in [3.63, 3.8) is 0 Å². The molecule has 3 nitrogen and oxygen atoms in total. The third-order valence-corrected chi connectivity index (χ3v) is 5.58. The van der Waals surface area contributed by atoms with E-state index in [2.05, 4.69) is 16.3 Å². The minimum absolute atomic E-state index is 0.0281. The van der Waals surface area contributed by atoms with E-state index in [1.54, 1.807) is 0 Å². The molecule has 0 atom stereocenters. The highest BCUT2D eigenvalue weighted by Crippen LogP contribution is 2.53. The smallest absolute Gasteiger partial charge is 0.384 e. The molecule has 0 aromatic rings. The van der Waals surface area contributed by atoms with Crippen molar-refractivity contribution >= 4 is 13.1 Å². The summed E-state index contributed by atoms with van der Waals surface area (Å²) in [5.41, 5.74) is 2.52. The van der Waals surface area contributed by atoms with Crippen molar-refractivity contribution < 1.29 is 14.1 Å². The number of carbonyl (C=O) groups excluding carboxylic acids is 1. The summed E-state index contributed by atoms with van der Waals surface area (Å²) in [6, 6.07) is 0. The highest BCUT2D eigenvalue weighted by Gasteiger charge is 2.28. The van der Waals surface area contributed by atoms with Crippen LogP contribution in [0.1, 0.15) is 27.7 Å². The molecule has 0 aliphatic rings. The summed E-state index contributed by atoms with van der Waals surface area (Å²) in [5.74, 6) is 1.63. The van der Waals surface area contributed by atoms with Gasteiger partial charge >= 0.3 is 5.97 Å². The number of esters is 1. The standard InChI is InChI=1S/C10H17O3P/c1-8(2)14(12,9(3)4)7-6-10(11)13-5/h8-9H,1-5H3. The fraction of sp³-hybridized carbons (Fsp3) is 0.700. The van der Waals surface area contributed by atoms with E-state index < -0.39 is 13.1 Å². The van der Waals surface area contributed by atoms with Gasteiger partial charge in [-0.25, -0.2) is 4.79 Å². The molecule has 0 amide bonds. The lowest BCUT2D eigenvalue weighted by atomic mass is 10.5. The molecule has 0 bridgehead atoms. The predicted molar refractivity (Wildman–Crippen MR) is 57.7 cm³/mol. The second-order valence-corrected chi connectivity index (χ2v) is 7.33. The van der Waals surface area contributed by atoms with Gasteiger partial charge in [-0.15, -0.1) is 0 Å². The van der Waals surface area contributed by atoms with Crippen molar-refractivity contribution in [3.8, 4) is 11.6 Å². The van der Waals surface area contributed by atoms with Crippen LogP contribution in [-0.4, -0.2) is 24.4 Å². The Morgan fingerprint density at radius 2 is 1.64 bits per heavy atom. The number of ether oxygens (including phenoxy) is 1. The molecule has 0 N–H and O–H groups in total. The van der Waals surface area contributed by atoms with Crippen LogP contribution in [0.4, 0.5) is 0 Å². The Hall–Kier alpha value is -0.740. The molecular weight excluding hydrogens is 199 g/mol. The molecule has 0 spiro atoms. The molecule has 80 valence electrons. The van der Waals surface area contributed by atoms with Crippen LogP contribution >= 0.6 is 7.14 Å². The number of methoxy groups -OCH3 is 1. The van der Waals surface area contributed by atoms with E-state index in [1.165, 1.54) is 7.11 Å². The Morgan fingerprint density at radius 1 is 1.21 bits per heavy atom. The van der Waals surface area contributed by atoms with E-state index in [4.69, 9.17) is 0 Å². The lowest BCUT2D eigenvalue weighted by Gasteiger charge is -2.19. The molecule has 4 heteroatoms. The summed E-state index contributed by atoms with van der Waals surface area (Å²) in [4.78, 5) is 10.8. The van der Waals surface area contributed by atoms with Crippen molar-refractivity contribution in [2.24, 2.45) is 0 Å². The Balaban J connectivity index is 4.95. The largest absolute Gasteiger partial charge is 0.459 e. The third kappa shape index (κ3) is 3.20. The Labute approximate surface area is 85.6 Å². The van der Waals surface area contributed by atoms with E-state index in [1.807, 2.05) is 27.7 Å². The van der Waals surface area contributed by atoms with Crippen molar-refractivity contribution in [1.29, 1.82) is 0 Å². The first kappa shape index (κ1) is 13.3. The maximum absolute atomic E-state index is 12.3. The Morgan fingerprint density at radius 3 is 1.93 bits per heavy atom. The van der Waals surface area contributed by atoms with Gasteiger partial charge in [-0.05, 0) is 5.66 Å². The van der Waals surface area contributed by atoms with Crippen molar-refractivity contribution in [3.05, 3.63) is 0 Å². The fourth-order valence-electron chi connectivity index (χ4n) is 1.04. The number of rotatable bonds is 2. The lowest BCUT2D eigenvalue weighted by Crippen LogP contribution is -2.07. The number of carbonyl (C=O) groups is 1. The Kier molecular flexibility index (Phi) is 4.94. The molecule has 0 fully saturated rings. The zero-order valence-electron chi connectivity index (χ0n) is 9.33. The van der Waals surface area contributed by atoms with E-state index in [0.29, 0.717) is 0 Å². The quantitative estimate of drug-likeness (QED) is 0.404. The van der Waals surface area contributed by atoms with Crippen LogP contribution in [0.2, 0.25) is 0 Å². The van der Waals surface area contributed by atoms with Gasteiger partial charge in [0.15, 0.2) is 7.14 Å². The van der Waals surface area contributed by atoms with Crippen LogP contribution < -0.4 is 0 Å². The van der Waals surface area contributed by atoms with E-state index in [0.717, 1.165) is 0 Å². The molecule has 0 aliphatic heterocycles. The maximum Gasteiger partial charge on any atom is 0.384 e. The van der Waals surface area contributed by atoms with Gasteiger partial charge in [0.05, 0.1) is 7.11 Å². The van der Waals surface area contributed by atoms with Crippen molar-refractivity contribution in [1.82, 2.24) is 0 Å². The van der Waals surface area contributed by atoms with Crippen LogP contribution in [-0.2, 0) is 14.1 Å². The molecule has 0 aromatic carbocycles. The van der Waals surface area contributed by atoms with E-state index >= 15 is 0 Å². The van der Waals surface area contributed by atoms with Crippen molar-refractivity contribution in [2.75, 3.05) is 7.11 Å². The van der Waals surface area contributed by atoms with Gasteiger partial charge in [0.2, 0.25) is 0 Å². The molecule has 0 aromatic heterocycles. The molecule has 0 radical (unpaired) electrons. The molecular formula is C10H17O3P. The average Bonchev–Trinajstić information content (AvgIpc) is 2.12. The van der Waals surface area contributed by atoms with Gasteiger partial charge in [0, 0.05) is 17.2 Å². The zero-order chi connectivity index (χ0) is 11.4. The molecule has 14 heavy (non-hydrogen) atoms. The summed E-state index contributed by atoms with van der Waals surface area (Å²) in [6.07, 6.45) is 0. The second kappa shape index (κ2) is 5.22. The number of hydrogen-bond donors (Lipinski definition) is 0. The summed E-state index contributed by atoms with van der Waals surface area (Å²) >= 11 is 0. The monoisotopic (exact) mass is 216 g/mol. The third-order valence-electron chi connectivity index (χ3n) is 2.05. The van der Waals surface area contributed by atoms with Crippen LogP contribution in [0, 0.1) is 11.6 Å². The number of hydrogen-bond acceptors (Lipinski definition) is 3. The zero-order valence-corrected chi connectivity index (χ0v) is 10.2. The second-order valence-electron chi connectivity index (χ2n) is 3.63. The summed E-state index contributed by atoms with van der Waals surface area (Å²) in [7, 11) is -1.34. The predicted octanol–water partition coefficient (Wildman–Crippen LogP) is 2.30. The molecule has 0 saturated carbocycles. The van der Waals surface area contributed by atoms with Crippen molar-refractivity contribution in [2.45, 2.75) is 39.0 Å². The highest BCUT2D eigenvalue weighted by atomic mass is 31.2. The molecule has 0 aliphatic carbocycles. The molecule has 0 saturated heterocycles. The average molecular weight is 216 g/mol. The summed E-state index contributed by atoms with van der Waals surface area (Å²) in [5, 5.41) is 0. The van der Waals surface area contributed by atoms with E-state index in [-0.39, 0.29) is 11.3 Å². The molecule has 0 unspecified atom stereocenters. The van der Waals surface area contributed by atoms with Gasteiger partial charge in [-0.1, -0.05) is 27.7 Å². The first-order chi connectivity index (χ1) is 6.34. The summed E-state index contributed by atoms with van der Waals surface area (Å²) in [6.45, 7) is 7.42. The van der Waals surface area contributed by atoms with Crippen LogP contribution in [0.5, 0.6) is 0 Å². The molecule has 0 rings (SSSR count). The maximum atomic E-state index is 12.3. The van der Waals surface area contributed by atoms with Crippen LogP contribution in [0.3, 0.4) is 0 Å². The van der Waals surface area contributed by atoms with Gasteiger partial charge in [-0.3, -0.25) is 0 Å². The SMILES string of the molecule is COC(=O)C#CP(=O)(C(C)C)C(C)C. The topological polar surface area (TPSA) is 43.4 Å².